The van der Waals surface area contributed by atoms with Crippen LogP contribution in [0.3, 0.4) is 0 Å². The second kappa shape index (κ2) is 12.7. The summed E-state index contributed by atoms with van der Waals surface area (Å²) in [6, 6.07) is 0.685. The zero-order valence-corrected chi connectivity index (χ0v) is 29.6. The largest absolute Gasteiger partial charge is 0.477 e. The lowest BCUT2D eigenvalue weighted by Gasteiger charge is -2.59. The van der Waals surface area contributed by atoms with E-state index in [2.05, 4.69) is 12.2 Å². The predicted octanol–water partition coefficient (Wildman–Crippen LogP) is 5.05. The molecule has 9 atom stereocenters. The van der Waals surface area contributed by atoms with E-state index < -0.39 is 52.7 Å². The van der Waals surface area contributed by atoms with Crippen LogP contribution in [0.4, 0.5) is 10.1 Å². The van der Waals surface area contributed by atoms with Crippen molar-refractivity contribution < 1.29 is 47.9 Å². The van der Waals surface area contributed by atoms with E-state index in [9.17, 15) is 24.3 Å². The molecule has 2 bridgehead atoms. The second-order valence-corrected chi connectivity index (χ2v) is 15.9. The van der Waals surface area contributed by atoms with Gasteiger partial charge in [-0.05, 0) is 63.4 Å². The predicted molar refractivity (Wildman–Crippen MR) is 179 cm³/mol. The Bertz CT molecular complexity index is 1850. The first-order valence-electron chi connectivity index (χ1n) is 18.0. The highest BCUT2D eigenvalue weighted by Crippen LogP contribution is 2.60. The number of hydrogen-bond acceptors (Lipinski definition) is 10. The molecule has 276 valence electrons. The summed E-state index contributed by atoms with van der Waals surface area (Å²) in [4.78, 5) is 64.4. The second-order valence-electron chi connectivity index (χ2n) is 15.5. The Hall–Kier alpha value is -3.30. The molecule has 9 rings (SSSR count). The highest BCUT2D eigenvalue weighted by atomic mass is 35.5. The van der Waals surface area contributed by atoms with Crippen molar-refractivity contribution >= 4 is 46.0 Å². The molecular weight excluding hydrogens is 689 g/mol. The third kappa shape index (κ3) is 5.81. The summed E-state index contributed by atoms with van der Waals surface area (Å²) < 4.78 is 35.7. The summed E-state index contributed by atoms with van der Waals surface area (Å²) in [6.07, 6.45) is 4.93. The number of ether oxygens (including phenoxy) is 3. The molecule has 15 heteroatoms. The summed E-state index contributed by atoms with van der Waals surface area (Å²) in [7, 11) is 0. The normalized spacial score (nSPS) is 35.7. The Morgan fingerprint density at radius 2 is 1.88 bits per heavy atom. The van der Waals surface area contributed by atoms with Crippen LogP contribution in [0.5, 0.6) is 0 Å². The first kappa shape index (κ1) is 34.8. The van der Waals surface area contributed by atoms with Gasteiger partial charge in [0, 0.05) is 56.0 Å². The van der Waals surface area contributed by atoms with E-state index in [-0.39, 0.29) is 71.2 Å². The molecule has 1 aromatic carbocycles. The highest BCUT2D eigenvalue weighted by Gasteiger charge is 2.69. The molecule has 2 aromatic rings. The standard InChI is InChI=1S/C36H43ClFN3O10/c1-17-4-7-24-18(2)33(48-34-36(24)23(17)10-12-35(3,49-34)50-51-36)47-27(43)9-8-26(42)39-19-11-13-40(15-19)30-25(38)14-21-29(28(30)37)41(20-5-6-20)16-22(31(21)44)32(45)46/h14,16-20,23-24,33-34H,4-13,15H2,1-3H3,(H,39,42)(H,45,46)/t17-,18-,19?,23+,24+,33+,34-,35-,36-/m1/s1. The fraction of sp³-hybridized carbons (Fsp3) is 0.667. The Morgan fingerprint density at radius 3 is 2.63 bits per heavy atom. The molecule has 1 aromatic heterocycles. The number of amides is 1. The zero-order chi connectivity index (χ0) is 36.0. The maximum Gasteiger partial charge on any atom is 0.341 e. The number of aromatic carboxylic acids is 1. The Balaban J connectivity index is 0.894. The van der Waals surface area contributed by atoms with E-state index in [0.29, 0.717) is 30.8 Å². The number of benzene rings is 1. The number of halogens is 2. The van der Waals surface area contributed by atoms with Crippen molar-refractivity contribution in [3.63, 3.8) is 0 Å². The number of nitrogens with one attached hydrogen (secondary N) is 1. The van der Waals surface area contributed by atoms with E-state index in [0.717, 1.165) is 38.2 Å². The molecule has 1 amide bonds. The minimum atomic E-state index is -1.38. The average molecular weight is 732 g/mol. The lowest BCUT2D eigenvalue weighted by atomic mass is 9.58. The number of fused-ring (bicyclic) bond motifs is 3. The minimum Gasteiger partial charge on any atom is -0.477 e. The first-order chi connectivity index (χ1) is 24.3. The van der Waals surface area contributed by atoms with Gasteiger partial charge in [0.05, 0.1) is 28.0 Å². The molecule has 6 heterocycles. The van der Waals surface area contributed by atoms with Gasteiger partial charge >= 0.3 is 11.9 Å². The number of carboxylic acid groups (broad SMARTS) is 1. The lowest BCUT2D eigenvalue weighted by molar-refractivity contribution is -0.576. The molecule has 2 saturated carbocycles. The van der Waals surface area contributed by atoms with Crippen LogP contribution >= 0.6 is 11.6 Å². The third-order valence-corrected chi connectivity index (χ3v) is 12.5. The van der Waals surface area contributed by atoms with Gasteiger partial charge in [-0.1, -0.05) is 25.4 Å². The molecule has 5 aliphatic heterocycles. The van der Waals surface area contributed by atoms with Crippen LogP contribution in [0, 0.1) is 29.5 Å². The molecule has 1 unspecified atom stereocenters. The number of pyridine rings is 1. The summed E-state index contributed by atoms with van der Waals surface area (Å²) in [5.41, 5.74) is -1.60. The topological polar surface area (TPSA) is 155 Å². The molecule has 5 saturated heterocycles. The summed E-state index contributed by atoms with van der Waals surface area (Å²) in [5.74, 6) is -3.59. The van der Waals surface area contributed by atoms with Gasteiger partial charge in [-0.2, -0.15) is 0 Å². The van der Waals surface area contributed by atoms with Gasteiger partial charge in [0.25, 0.3) is 0 Å². The minimum absolute atomic E-state index is 0.00378. The van der Waals surface area contributed by atoms with Crippen molar-refractivity contribution in [2.45, 2.75) is 115 Å². The molecule has 1 spiro atoms. The third-order valence-electron chi connectivity index (χ3n) is 12.1. The van der Waals surface area contributed by atoms with E-state index in [4.69, 9.17) is 35.6 Å². The number of carboxylic acids is 1. The van der Waals surface area contributed by atoms with Gasteiger partial charge in [-0.3, -0.25) is 14.4 Å². The molecule has 2 aliphatic carbocycles. The van der Waals surface area contributed by atoms with Gasteiger partial charge < -0.3 is 34.1 Å². The molecule has 7 aliphatic rings. The number of aromatic nitrogens is 1. The molecule has 51 heavy (non-hydrogen) atoms. The van der Waals surface area contributed by atoms with Crippen LogP contribution in [0.25, 0.3) is 10.9 Å². The Morgan fingerprint density at radius 1 is 1.10 bits per heavy atom. The van der Waals surface area contributed by atoms with Crippen molar-refractivity contribution in [1.29, 1.82) is 0 Å². The van der Waals surface area contributed by atoms with E-state index >= 15 is 4.39 Å². The number of rotatable bonds is 8. The van der Waals surface area contributed by atoms with E-state index in [1.807, 2.05) is 13.8 Å². The first-order valence-corrected chi connectivity index (χ1v) is 18.4. The lowest BCUT2D eigenvalue weighted by Crippen LogP contribution is -2.70. The van der Waals surface area contributed by atoms with Crippen molar-refractivity contribution in [3.8, 4) is 0 Å². The monoisotopic (exact) mass is 731 g/mol. The van der Waals surface area contributed by atoms with Gasteiger partial charge in [0.2, 0.25) is 23.4 Å². The van der Waals surface area contributed by atoms with Crippen molar-refractivity contribution in [2.24, 2.45) is 23.7 Å². The zero-order valence-electron chi connectivity index (χ0n) is 28.8. The Labute approximate surface area is 298 Å². The quantitative estimate of drug-likeness (QED) is 0.277. The van der Waals surface area contributed by atoms with Crippen molar-refractivity contribution in [1.82, 2.24) is 9.88 Å². The van der Waals surface area contributed by atoms with Crippen LogP contribution in [0.15, 0.2) is 17.1 Å². The van der Waals surface area contributed by atoms with Gasteiger partial charge in [-0.25, -0.2) is 19.0 Å². The van der Waals surface area contributed by atoms with Crippen molar-refractivity contribution in [2.75, 3.05) is 18.0 Å². The molecule has 0 radical (unpaired) electrons. The number of carbonyl (C=O) groups excluding carboxylic acids is 2. The molecule has 7 fully saturated rings. The summed E-state index contributed by atoms with van der Waals surface area (Å²) >= 11 is 6.78. The fourth-order valence-corrected chi connectivity index (χ4v) is 9.72. The molecule has 2 N–H and O–H groups in total. The van der Waals surface area contributed by atoms with Crippen LogP contribution in [0.1, 0.15) is 95.0 Å². The van der Waals surface area contributed by atoms with E-state index in [1.54, 1.807) is 9.47 Å². The van der Waals surface area contributed by atoms with Crippen LogP contribution in [-0.2, 0) is 33.6 Å². The SMILES string of the molecule is C[C@H]1[C@@H](OC(=O)CCC(=O)NC2CCN(c3c(F)cc4c(=O)c(C(=O)O)cn(C5CC5)c4c3Cl)C2)O[C@@H]2O[C@@]3(C)CC[C@H]4[C@H](C)CC[C@@H]1[C@@]24OO3. The van der Waals surface area contributed by atoms with Gasteiger partial charge in [-0.15, -0.1) is 0 Å². The number of anilines is 1. The smallest absolute Gasteiger partial charge is 0.341 e. The maximum atomic E-state index is 15.6. The van der Waals surface area contributed by atoms with Crippen LogP contribution in [-0.4, -0.2) is 70.6 Å². The number of hydrogen-bond donors (Lipinski definition) is 2. The summed E-state index contributed by atoms with van der Waals surface area (Å²) in [6.45, 7) is 6.68. The van der Waals surface area contributed by atoms with Crippen molar-refractivity contribution in [3.05, 3.63) is 38.9 Å². The number of carbonyl (C=O) groups is 3. The Kier molecular flexibility index (Phi) is 8.64. The average Bonchev–Trinajstić information content (AvgIpc) is 3.87. The van der Waals surface area contributed by atoms with Gasteiger partial charge in [0.15, 0.2) is 11.9 Å². The molecule has 13 nitrogen and oxygen atoms in total. The fourth-order valence-electron chi connectivity index (χ4n) is 9.31. The molecular formula is C36H43ClFN3O10. The van der Waals surface area contributed by atoms with Crippen LogP contribution < -0.4 is 15.6 Å². The maximum absolute atomic E-state index is 15.6. The summed E-state index contributed by atoms with van der Waals surface area (Å²) in [5, 5.41) is 12.4. The number of esters is 1. The van der Waals surface area contributed by atoms with E-state index in [1.165, 1.54) is 6.20 Å². The van der Waals surface area contributed by atoms with Crippen LogP contribution in [0.2, 0.25) is 5.02 Å². The highest BCUT2D eigenvalue weighted by molar-refractivity contribution is 6.38. The van der Waals surface area contributed by atoms with Gasteiger partial charge in [0.1, 0.15) is 11.4 Å². The number of nitrogens with zero attached hydrogens (tertiary/aromatic N) is 2.